The second kappa shape index (κ2) is 9.67. The molecule has 1 aliphatic rings. The van der Waals surface area contributed by atoms with Crippen LogP contribution in [0.2, 0.25) is 5.02 Å². The molecule has 0 aromatic heterocycles. The summed E-state index contributed by atoms with van der Waals surface area (Å²) in [6.45, 7) is 2.30. The second-order valence-corrected chi connectivity index (χ2v) is 9.64. The fourth-order valence-electron chi connectivity index (χ4n) is 3.32. The zero-order valence-corrected chi connectivity index (χ0v) is 18.8. The first-order chi connectivity index (χ1) is 14.7. The van der Waals surface area contributed by atoms with Crippen LogP contribution in [-0.4, -0.2) is 44.9 Å². The molecule has 2 amide bonds. The maximum absolute atomic E-state index is 13.1. The minimum atomic E-state index is -3.78. The van der Waals surface area contributed by atoms with Crippen LogP contribution in [0.25, 0.3) is 0 Å². The van der Waals surface area contributed by atoms with Gasteiger partial charge in [-0.3, -0.25) is 10.1 Å². The molecule has 0 bridgehead atoms. The molecule has 1 heterocycles. The molecule has 166 valence electrons. The highest BCUT2D eigenvalue weighted by atomic mass is 35.5. The SMILES string of the molecule is COC(=O)Nc1ccc(S(=O)(=O)N2CCCC(C(=O)Nc3ccc(C)c(Cl)c3)C2)cc1. The van der Waals surface area contributed by atoms with Crippen LogP contribution in [0.3, 0.4) is 0 Å². The molecular formula is C21H24ClN3O5S. The van der Waals surface area contributed by atoms with Crippen molar-refractivity contribution >= 4 is 45.0 Å². The molecule has 1 unspecified atom stereocenters. The number of rotatable bonds is 5. The van der Waals surface area contributed by atoms with Crippen LogP contribution in [0.5, 0.6) is 0 Å². The number of sulfonamides is 1. The first-order valence-corrected chi connectivity index (χ1v) is 11.5. The van der Waals surface area contributed by atoms with E-state index in [1.54, 1.807) is 12.1 Å². The van der Waals surface area contributed by atoms with E-state index in [0.717, 1.165) is 5.56 Å². The predicted molar refractivity (Wildman–Crippen MR) is 119 cm³/mol. The fraction of sp³-hybridized carbons (Fsp3) is 0.333. The quantitative estimate of drug-likeness (QED) is 0.697. The zero-order chi connectivity index (χ0) is 22.6. The third kappa shape index (κ3) is 5.55. The average molecular weight is 466 g/mol. The standard InChI is InChI=1S/C21H24ClN3O5S/c1-14-5-6-17(12-19(14)22)23-20(26)15-4-3-11-25(13-15)31(28,29)18-9-7-16(8-10-18)24-21(27)30-2/h5-10,12,15H,3-4,11,13H2,1-2H3,(H,23,26)(H,24,27). The number of carbonyl (C=O) groups excluding carboxylic acids is 2. The van der Waals surface area contributed by atoms with Crippen molar-refractivity contribution < 1.29 is 22.7 Å². The Morgan fingerprint density at radius 3 is 2.42 bits per heavy atom. The predicted octanol–water partition coefficient (Wildman–Crippen LogP) is 3.87. The van der Waals surface area contributed by atoms with Crippen LogP contribution in [0.15, 0.2) is 47.4 Å². The van der Waals surface area contributed by atoms with Gasteiger partial charge in [0.25, 0.3) is 0 Å². The summed E-state index contributed by atoms with van der Waals surface area (Å²) in [5, 5.41) is 5.85. The van der Waals surface area contributed by atoms with E-state index in [-0.39, 0.29) is 17.3 Å². The number of halogens is 1. The third-order valence-corrected chi connectivity index (χ3v) is 7.40. The van der Waals surface area contributed by atoms with Crippen molar-refractivity contribution in [3.05, 3.63) is 53.1 Å². The van der Waals surface area contributed by atoms with Crippen LogP contribution < -0.4 is 10.6 Å². The number of nitrogens with one attached hydrogen (secondary N) is 2. The summed E-state index contributed by atoms with van der Waals surface area (Å²) in [6, 6.07) is 11.1. The van der Waals surface area contributed by atoms with E-state index in [4.69, 9.17) is 11.6 Å². The summed E-state index contributed by atoms with van der Waals surface area (Å²) in [5.74, 6) is -0.707. The Morgan fingerprint density at radius 1 is 1.10 bits per heavy atom. The van der Waals surface area contributed by atoms with Gasteiger partial charge in [-0.2, -0.15) is 4.31 Å². The van der Waals surface area contributed by atoms with Crippen LogP contribution in [0.4, 0.5) is 16.2 Å². The van der Waals surface area contributed by atoms with Crippen LogP contribution in [-0.2, 0) is 19.6 Å². The van der Waals surface area contributed by atoms with Crippen molar-refractivity contribution in [3.63, 3.8) is 0 Å². The molecule has 0 aliphatic carbocycles. The summed E-state index contributed by atoms with van der Waals surface area (Å²) in [5.41, 5.74) is 1.90. The van der Waals surface area contributed by atoms with Gasteiger partial charge in [0.15, 0.2) is 0 Å². The highest BCUT2D eigenvalue weighted by Crippen LogP contribution is 2.26. The average Bonchev–Trinajstić information content (AvgIpc) is 2.76. The number of hydrogen-bond donors (Lipinski definition) is 2. The third-order valence-electron chi connectivity index (χ3n) is 5.12. The maximum atomic E-state index is 13.1. The van der Waals surface area contributed by atoms with Crippen LogP contribution in [0.1, 0.15) is 18.4 Å². The number of amides is 2. The molecule has 1 fully saturated rings. The van der Waals surface area contributed by atoms with Gasteiger partial charge in [-0.25, -0.2) is 13.2 Å². The molecule has 0 radical (unpaired) electrons. The fourth-order valence-corrected chi connectivity index (χ4v) is 5.02. The Morgan fingerprint density at radius 2 is 1.77 bits per heavy atom. The number of piperidine rings is 1. The van der Waals surface area contributed by atoms with E-state index in [9.17, 15) is 18.0 Å². The molecular weight excluding hydrogens is 442 g/mol. The van der Waals surface area contributed by atoms with Gasteiger partial charge >= 0.3 is 6.09 Å². The van der Waals surface area contributed by atoms with Crippen molar-refractivity contribution in [3.8, 4) is 0 Å². The molecule has 8 nitrogen and oxygen atoms in total. The van der Waals surface area contributed by atoms with Crippen LogP contribution >= 0.6 is 11.6 Å². The molecule has 1 aliphatic heterocycles. The molecule has 2 aromatic rings. The number of aryl methyl sites for hydroxylation is 1. The van der Waals surface area contributed by atoms with E-state index in [0.29, 0.717) is 35.8 Å². The Kier molecular flexibility index (Phi) is 7.19. The minimum absolute atomic E-state index is 0.0919. The van der Waals surface area contributed by atoms with Gasteiger partial charge in [0.05, 0.1) is 17.9 Å². The van der Waals surface area contributed by atoms with Crippen molar-refractivity contribution in [2.24, 2.45) is 5.92 Å². The van der Waals surface area contributed by atoms with Gasteiger partial charge in [-0.15, -0.1) is 0 Å². The Labute approximate surface area is 186 Å². The van der Waals surface area contributed by atoms with Crippen molar-refractivity contribution in [2.75, 3.05) is 30.8 Å². The molecule has 0 saturated carbocycles. The van der Waals surface area contributed by atoms with Gasteiger partial charge in [-0.1, -0.05) is 17.7 Å². The van der Waals surface area contributed by atoms with E-state index in [2.05, 4.69) is 15.4 Å². The van der Waals surface area contributed by atoms with Crippen LogP contribution in [0, 0.1) is 12.8 Å². The lowest BCUT2D eigenvalue weighted by atomic mass is 9.98. The smallest absolute Gasteiger partial charge is 0.411 e. The van der Waals surface area contributed by atoms with Gasteiger partial charge in [0, 0.05) is 29.5 Å². The Hall–Kier alpha value is -2.62. The normalized spacial score (nSPS) is 17.1. The topological polar surface area (TPSA) is 105 Å². The zero-order valence-electron chi connectivity index (χ0n) is 17.2. The number of nitrogens with zero attached hydrogens (tertiary/aromatic N) is 1. The summed E-state index contributed by atoms with van der Waals surface area (Å²) < 4.78 is 31.9. The monoisotopic (exact) mass is 465 g/mol. The van der Waals surface area contributed by atoms with Crippen molar-refractivity contribution in [1.29, 1.82) is 0 Å². The number of hydrogen-bond acceptors (Lipinski definition) is 5. The summed E-state index contributed by atoms with van der Waals surface area (Å²) >= 11 is 6.11. The molecule has 2 N–H and O–H groups in total. The molecule has 10 heteroatoms. The largest absolute Gasteiger partial charge is 0.453 e. The maximum Gasteiger partial charge on any atom is 0.411 e. The van der Waals surface area contributed by atoms with Crippen molar-refractivity contribution in [1.82, 2.24) is 4.31 Å². The lowest BCUT2D eigenvalue weighted by Gasteiger charge is -2.31. The number of carbonyl (C=O) groups is 2. The van der Waals surface area contributed by atoms with E-state index >= 15 is 0 Å². The second-order valence-electron chi connectivity index (χ2n) is 7.30. The van der Waals surface area contributed by atoms with Gasteiger partial charge in [0.1, 0.15) is 0 Å². The van der Waals surface area contributed by atoms with Gasteiger partial charge in [0.2, 0.25) is 15.9 Å². The molecule has 31 heavy (non-hydrogen) atoms. The Bertz CT molecular complexity index is 1070. The number of anilines is 2. The van der Waals surface area contributed by atoms with E-state index < -0.39 is 22.0 Å². The highest BCUT2D eigenvalue weighted by molar-refractivity contribution is 7.89. The summed E-state index contributed by atoms with van der Waals surface area (Å²) in [7, 11) is -2.54. The number of ether oxygens (including phenoxy) is 1. The highest BCUT2D eigenvalue weighted by Gasteiger charge is 2.33. The van der Waals surface area contributed by atoms with Crippen molar-refractivity contribution in [2.45, 2.75) is 24.7 Å². The molecule has 1 saturated heterocycles. The number of benzene rings is 2. The van der Waals surface area contributed by atoms with Gasteiger partial charge < -0.3 is 10.1 Å². The summed E-state index contributed by atoms with van der Waals surface area (Å²) in [4.78, 5) is 24.1. The minimum Gasteiger partial charge on any atom is -0.453 e. The Balaban J connectivity index is 1.69. The summed E-state index contributed by atoms with van der Waals surface area (Å²) in [6.07, 6.45) is 0.531. The lowest BCUT2D eigenvalue weighted by molar-refractivity contribution is -0.120. The first kappa shape index (κ1) is 23.1. The molecule has 1 atom stereocenters. The van der Waals surface area contributed by atoms with E-state index in [1.165, 1.54) is 35.7 Å². The number of methoxy groups -OCH3 is 1. The molecule has 3 rings (SSSR count). The molecule has 0 spiro atoms. The van der Waals surface area contributed by atoms with E-state index in [1.807, 2.05) is 13.0 Å². The first-order valence-electron chi connectivity index (χ1n) is 9.73. The molecule has 2 aromatic carbocycles. The van der Waals surface area contributed by atoms with Gasteiger partial charge in [-0.05, 0) is 61.7 Å². The lowest BCUT2D eigenvalue weighted by Crippen LogP contribution is -2.43.